The molecule has 0 spiro atoms. The molecule has 100 valence electrons. The van der Waals surface area contributed by atoms with Gasteiger partial charge in [0, 0.05) is 30.7 Å². The molecule has 0 saturated carbocycles. The smallest absolute Gasteiger partial charge is 0.248 e. The summed E-state index contributed by atoms with van der Waals surface area (Å²) in [6.45, 7) is 4.80. The predicted octanol–water partition coefficient (Wildman–Crippen LogP) is 1.90. The van der Waals surface area contributed by atoms with Crippen LogP contribution < -0.4 is 5.32 Å². The minimum atomic E-state index is 0.567. The van der Waals surface area contributed by atoms with Crippen LogP contribution >= 0.6 is 15.9 Å². The summed E-state index contributed by atoms with van der Waals surface area (Å²) in [5, 5.41) is 11.6. The lowest BCUT2D eigenvalue weighted by molar-refractivity contribution is 0.213. The summed E-state index contributed by atoms with van der Waals surface area (Å²) >= 11 is 3.49. The summed E-state index contributed by atoms with van der Waals surface area (Å²) in [6.07, 6.45) is 0. The van der Waals surface area contributed by atoms with Gasteiger partial charge in [0.25, 0.3) is 0 Å². The zero-order valence-corrected chi connectivity index (χ0v) is 12.1. The van der Waals surface area contributed by atoms with Crippen LogP contribution in [-0.2, 0) is 6.54 Å². The number of hydrogen-bond donors (Lipinski definition) is 1. The van der Waals surface area contributed by atoms with Crippen molar-refractivity contribution in [1.29, 1.82) is 0 Å². The molecular weight excluding hydrogens is 308 g/mol. The van der Waals surface area contributed by atoms with Gasteiger partial charge in [-0.1, -0.05) is 12.1 Å². The van der Waals surface area contributed by atoms with Gasteiger partial charge in [0.1, 0.15) is 0 Å². The summed E-state index contributed by atoms with van der Waals surface area (Å²) in [6, 6.07) is 7.85. The molecule has 0 bridgehead atoms. The molecule has 6 heteroatoms. The fourth-order valence-corrected chi connectivity index (χ4v) is 2.58. The van der Waals surface area contributed by atoms with Gasteiger partial charge in [0.05, 0.1) is 12.1 Å². The van der Waals surface area contributed by atoms with E-state index >= 15 is 0 Å². The maximum absolute atomic E-state index is 5.74. The van der Waals surface area contributed by atoms with E-state index in [-0.39, 0.29) is 0 Å². The van der Waals surface area contributed by atoms with E-state index < -0.39 is 0 Å². The zero-order chi connectivity index (χ0) is 13.1. The Morgan fingerprint density at radius 1 is 1.21 bits per heavy atom. The largest absolute Gasteiger partial charge is 0.419 e. The molecule has 1 aliphatic heterocycles. The van der Waals surface area contributed by atoms with Crippen LogP contribution in [0, 0.1) is 0 Å². The summed E-state index contributed by atoms with van der Waals surface area (Å²) in [5.74, 6) is 1.24. The first-order chi connectivity index (χ1) is 9.33. The van der Waals surface area contributed by atoms with Gasteiger partial charge < -0.3 is 9.73 Å². The molecule has 0 aliphatic carbocycles. The van der Waals surface area contributed by atoms with Crippen molar-refractivity contribution in [3.05, 3.63) is 34.6 Å². The van der Waals surface area contributed by atoms with Gasteiger partial charge in [-0.3, -0.25) is 4.90 Å². The molecule has 1 aromatic heterocycles. The lowest BCUT2D eigenvalue weighted by Gasteiger charge is -2.25. The van der Waals surface area contributed by atoms with Crippen LogP contribution in [0.1, 0.15) is 5.89 Å². The zero-order valence-electron chi connectivity index (χ0n) is 10.5. The topological polar surface area (TPSA) is 54.2 Å². The van der Waals surface area contributed by atoms with Gasteiger partial charge in [-0.05, 0) is 28.1 Å². The molecule has 1 aromatic carbocycles. The molecule has 1 saturated heterocycles. The van der Waals surface area contributed by atoms with Gasteiger partial charge in [-0.2, -0.15) is 0 Å². The van der Waals surface area contributed by atoms with Gasteiger partial charge >= 0.3 is 0 Å². The van der Waals surface area contributed by atoms with Crippen LogP contribution in [0.15, 0.2) is 33.2 Å². The fraction of sp³-hybridized carbons (Fsp3) is 0.385. The highest BCUT2D eigenvalue weighted by molar-refractivity contribution is 9.10. The van der Waals surface area contributed by atoms with E-state index in [1.54, 1.807) is 0 Å². The third-order valence-corrected chi connectivity index (χ3v) is 3.83. The van der Waals surface area contributed by atoms with Gasteiger partial charge in [-0.15, -0.1) is 10.2 Å². The standard InChI is InChI=1S/C13H15BrN4O/c14-11-4-2-1-3-10(11)13-17-16-12(19-13)9-18-7-5-15-6-8-18/h1-4,15H,5-9H2. The number of nitrogens with one attached hydrogen (secondary N) is 1. The third kappa shape index (κ3) is 3.02. The van der Waals surface area contributed by atoms with Gasteiger partial charge in [0.15, 0.2) is 0 Å². The van der Waals surface area contributed by atoms with Crippen molar-refractivity contribution in [3.63, 3.8) is 0 Å². The molecule has 0 atom stereocenters. The quantitative estimate of drug-likeness (QED) is 0.935. The normalized spacial score (nSPS) is 16.7. The SMILES string of the molecule is Brc1ccccc1-c1nnc(CN2CCNCC2)o1. The predicted molar refractivity (Wildman–Crippen MR) is 75.6 cm³/mol. The second-order valence-electron chi connectivity index (χ2n) is 4.51. The van der Waals surface area contributed by atoms with Crippen molar-refractivity contribution in [2.75, 3.05) is 26.2 Å². The number of aromatic nitrogens is 2. The van der Waals surface area contributed by atoms with Crippen LogP contribution in [0.5, 0.6) is 0 Å². The van der Waals surface area contributed by atoms with Crippen molar-refractivity contribution in [2.45, 2.75) is 6.54 Å². The van der Waals surface area contributed by atoms with E-state index in [1.807, 2.05) is 24.3 Å². The molecule has 2 aromatic rings. The molecule has 0 unspecified atom stereocenters. The van der Waals surface area contributed by atoms with Crippen LogP contribution in [0.2, 0.25) is 0 Å². The summed E-state index contributed by atoms with van der Waals surface area (Å²) in [5.41, 5.74) is 0.932. The molecule has 1 N–H and O–H groups in total. The fourth-order valence-electron chi connectivity index (χ4n) is 2.12. The Morgan fingerprint density at radius 3 is 2.79 bits per heavy atom. The van der Waals surface area contributed by atoms with Crippen LogP contribution in [0.4, 0.5) is 0 Å². The van der Waals surface area contributed by atoms with Crippen molar-refractivity contribution in [3.8, 4) is 11.5 Å². The van der Waals surface area contributed by atoms with E-state index in [0.717, 1.165) is 42.8 Å². The number of benzene rings is 1. The van der Waals surface area contributed by atoms with E-state index in [2.05, 4.69) is 36.3 Å². The molecular formula is C13H15BrN4O. The summed E-state index contributed by atoms with van der Waals surface area (Å²) in [4.78, 5) is 2.31. The Morgan fingerprint density at radius 2 is 2.00 bits per heavy atom. The molecule has 1 aliphatic rings. The number of hydrogen-bond acceptors (Lipinski definition) is 5. The highest BCUT2D eigenvalue weighted by Gasteiger charge is 2.15. The van der Waals surface area contributed by atoms with E-state index in [0.29, 0.717) is 11.8 Å². The van der Waals surface area contributed by atoms with Gasteiger partial charge in [-0.25, -0.2) is 0 Å². The number of piperazine rings is 1. The Kier molecular flexibility index (Phi) is 3.91. The highest BCUT2D eigenvalue weighted by Crippen LogP contribution is 2.26. The average Bonchev–Trinajstić information content (AvgIpc) is 2.89. The van der Waals surface area contributed by atoms with Crippen LogP contribution in [0.3, 0.4) is 0 Å². The Balaban J connectivity index is 1.74. The number of nitrogens with zero attached hydrogens (tertiary/aromatic N) is 3. The van der Waals surface area contributed by atoms with Crippen LogP contribution in [-0.4, -0.2) is 41.3 Å². The van der Waals surface area contributed by atoms with Crippen molar-refractivity contribution in [2.24, 2.45) is 0 Å². The molecule has 5 nitrogen and oxygen atoms in total. The second-order valence-corrected chi connectivity index (χ2v) is 5.36. The Bertz CT molecular complexity index is 551. The molecule has 19 heavy (non-hydrogen) atoms. The van der Waals surface area contributed by atoms with E-state index in [9.17, 15) is 0 Å². The van der Waals surface area contributed by atoms with Gasteiger partial charge in [0.2, 0.25) is 11.8 Å². The van der Waals surface area contributed by atoms with Crippen molar-refractivity contribution < 1.29 is 4.42 Å². The molecule has 0 radical (unpaired) electrons. The van der Waals surface area contributed by atoms with Crippen molar-refractivity contribution >= 4 is 15.9 Å². The van der Waals surface area contributed by atoms with Crippen LogP contribution in [0.25, 0.3) is 11.5 Å². The summed E-state index contributed by atoms with van der Waals surface area (Å²) in [7, 11) is 0. The Hall–Kier alpha value is -1.24. The monoisotopic (exact) mass is 322 g/mol. The van der Waals surface area contributed by atoms with Crippen molar-refractivity contribution in [1.82, 2.24) is 20.4 Å². The summed E-state index contributed by atoms with van der Waals surface area (Å²) < 4.78 is 6.70. The number of halogens is 1. The first kappa shape index (κ1) is 12.8. The minimum Gasteiger partial charge on any atom is -0.419 e. The molecule has 3 rings (SSSR count). The molecule has 1 fully saturated rings. The highest BCUT2D eigenvalue weighted by atomic mass is 79.9. The van der Waals surface area contributed by atoms with E-state index in [1.165, 1.54) is 0 Å². The first-order valence-corrected chi connectivity index (χ1v) is 7.12. The molecule has 0 amide bonds. The minimum absolute atomic E-state index is 0.567. The lowest BCUT2D eigenvalue weighted by atomic mass is 10.2. The third-order valence-electron chi connectivity index (χ3n) is 3.14. The maximum atomic E-state index is 5.74. The second kappa shape index (κ2) is 5.81. The Labute approximate surface area is 120 Å². The van der Waals surface area contributed by atoms with E-state index in [4.69, 9.17) is 4.42 Å². The first-order valence-electron chi connectivity index (χ1n) is 6.33. The number of rotatable bonds is 3. The average molecular weight is 323 g/mol. The lowest BCUT2D eigenvalue weighted by Crippen LogP contribution is -2.42. The molecule has 2 heterocycles. The maximum Gasteiger partial charge on any atom is 0.248 e.